The van der Waals surface area contributed by atoms with Crippen molar-refractivity contribution in [3.63, 3.8) is 0 Å². The van der Waals surface area contributed by atoms with E-state index in [0.29, 0.717) is 36.8 Å². The van der Waals surface area contributed by atoms with Gasteiger partial charge in [-0.15, -0.1) is 10.2 Å². The summed E-state index contributed by atoms with van der Waals surface area (Å²) in [6.07, 6.45) is 5.39. The van der Waals surface area contributed by atoms with Crippen molar-refractivity contribution in [1.29, 1.82) is 0 Å². The number of benzene rings is 1. The van der Waals surface area contributed by atoms with Gasteiger partial charge in [-0.3, -0.25) is 9.59 Å². The summed E-state index contributed by atoms with van der Waals surface area (Å²) in [5.41, 5.74) is 1.94. The zero-order valence-corrected chi connectivity index (χ0v) is 16.4. The average molecular weight is 381 g/mol. The summed E-state index contributed by atoms with van der Waals surface area (Å²) in [5.74, 6) is 1.06. The third kappa shape index (κ3) is 3.66. The Hall–Kier alpha value is -2.70. The van der Waals surface area contributed by atoms with Gasteiger partial charge in [-0.05, 0) is 43.4 Å². The summed E-state index contributed by atoms with van der Waals surface area (Å²) in [7, 11) is 0. The highest BCUT2D eigenvalue weighted by Gasteiger charge is 2.29. The van der Waals surface area contributed by atoms with Crippen LogP contribution in [0.5, 0.6) is 0 Å². The number of rotatable bonds is 4. The number of likely N-dealkylation sites (tertiary alicyclic amines) is 1. The minimum absolute atomic E-state index is 0.00112. The van der Waals surface area contributed by atoms with Gasteiger partial charge in [0.1, 0.15) is 0 Å². The van der Waals surface area contributed by atoms with Gasteiger partial charge in [0.05, 0.1) is 6.54 Å². The Morgan fingerprint density at radius 1 is 0.893 bits per heavy atom. The topological polar surface area (TPSA) is 71.3 Å². The second-order valence-corrected chi connectivity index (χ2v) is 7.62. The fraction of sp³-hybridized carbons (Fsp3) is 0.524. The van der Waals surface area contributed by atoms with Gasteiger partial charge in [0.15, 0.2) is 5.82 Å². The molecular weight excluding hydrogens is 354 g/mol. The number of amides is 2. The Morgan fingerprint density at radius 3 is 2.36 bits per heavy atom. The van der Waals surface area contributed by atoms with Crippen LogP contribution in [0.1, 0.15) is 65.0 Å². The summed E-state index contributed by atoms with van der Waals surface area (Å²) < 4.78 is 1.88. The molecule has 1 saturated heterocycles. The molecule has 0 unspecified atom stereocenters. The first-order valence-electron chi connectivity index (χ1n) is 10.3. The first-order chi connectivity index (χ1) is 13.7. The lowest BCUT2D eigenvalue weighted by molar-refractivity contribution is 0.0685. The van der Waals surface area contributed by atoms with Crippen LogP contribution in [-0.4, -0.2) is 56.0 Å². The van der Waals surface area contributed by atoms with Crippen LogP contribution in [0.4, 0.5) is 0 Å². The van der Waals surface area contributed by atoms with Gasteiger partial charge in [-0.25, -0.2) is 0 Å². The largest absolute Gasteiger partial charge is 0.336 e. The van der Waals surface area contributed by atoms with Gasteiger partial charge in [-0.2, -0.15) is 0 Å². The van der Waals surface area contributed by atoms with Crippen molar-refractivity contribution in [1.82, 2.24) is 24.6 Å². The molecule has 1 aromatic heterocycles. The molecule has 0 saturated carbocycles. The SMILES string of the molecule is CCCc1ccc(C(=O)N2CCn3c(nnc3C(=O)N3CCCCC3)C2)cc1. The van der Waals surface area contributed by atoms with E-state index in [1.54, 1.807) is 4.90 Å². The van der Waals surface area contributed by atoms with Gasteiger partial charge in [-0.1, -0.05) is 25.5 Å². The summed E-state index contributed by atoms with van der Waals surface area (Å²) in [4.78, 5) is 29.3. The van der Waals surface area contributed by atoms with Crippen LogP contribution in [0.3, 0.4) is 0 Å². The van der Waals surface area contributed by atoms with E-state index in [1.807, 2.05) is 33.7 Å². The van der Waals surface area contributed by atoms with Gasteiger partial charge in [0.2, 0.25) is 5.82 Å². The highest BCUT2D eigenvalue weighted by molar-refractivity contribution is 5.94. The van der Waals surface area contributed by atoms with E-state index in [0.717, 1.165) is 38.8 Å². The van der Waals surface area contributed by atoms with Crippen molar-refractivity contribution in [2.24, 2.45) is 0 Å². The standard InChI is InChI=1S/C21H27N5O2/c1-2-6-16-7-9-17(10-8-16)20(27)25-13-14-26-18(15-25)22-23-19(26)21(28)24-11-4-3-5-12-24/h7-10H,2-6,11-15H2,1H3. The van der Waals surface area contributed by atoms with E-state index >= 15 is 0 Å². The Balaban J connectivity index is 1.46. The molecule has 148 valence electrons. The maximum atomic E-state index is 12.9. The summed E-state index contributed by atoms with van der Waals surface area (Å²) in [6, 6.07) is 7.85. The minimum Gasteiger partial charge on any atom is -0.336 e. The zero-order valence-electron chi connectivity index (χ0n) is 16.4. The number of piperidine rings is 1. The Bertz CT molecular complexity index is 852. The van der Waals surface area contributed by atoms with Crippen LogP contribution in [-0.2, 0) is 19.5 Å². The number of nitrogens with zero attached hydrogens (tertiary/aromatic N) is 5. The van der Waals surface area contributed by atoms with Crippen molar-refractivity contribution >= 4 is 11.8 Å². The molecule has 0 atom stereocenters. The molecule has 7 nitrogen and oxygen atoms in total. The van der Waals surface area contributed by atoms with Gasteiger partial charge < -0.3 is 14.4 Å². The molecule has 7 heteroatoms. The first kappa shape index (κ1) is 18.7. The summed E-state index contributed by atoms with van der Waals surface area (Å²) in [5, 5.41) is 8.36. The Morgan fingerprint density at radius 2 is 1.64 bits per heavy atom. The number of carbonyl (C=O) groups is 2. The van der Waals surface area contributed by atoms with Gasteiger partial charge in [0, 0.05) is 31.7 Å². The van der Waals surface area contributed by atoms with Crippen molar-refractivity contribution < 1.29 is 9.59 Å². The van der Waals surface area contributed by atoms with E-state index < -0.39 is 0 Å². The van der Waals surface area contributed by atoms with Crippen molar-refractivity contribution in [2.75, 3.05) is 19.6 Å². The molecule has 1 fully saturated rings. The Kier molecular flexibility index (Phi) is 5.41. The lowest BCUT2D eigenvalue weighted by Crippen LogP contribution is -2.41. The lowest BCUT2D eigenvalue weighted by atomic mass is 10.1. The normalized spacial score (nSPS) is 16.8. The van der Waals surface area contributed by atoms with E-state index in [-0.39, 0.29) is 11.8 Å². The number of aryl methyl sites for hydroxylation is 1. The molecule has 2 aliphatic heterocycles. The van der Waals surface area contributed by atoms with Crippen LogP contribution in [0, 0.1) is 0 Å². The zero-order chi connectivity index (χ0) is 19.5. The third-order valence-corrected chi connectivity index (χ3v) is 5.61. The van der Waals surface area contributed by atoms with Crippen LogP contribution in [0.15, 0.2) is 24.3 Å². The fourth-order valence-corrected chi connectivity index (χ4v) is 4.01. The molecular formula is C21H27N5O2. The molecule has 0 N–H and O–H groups in total. The number of hydrogen-bond donors (Lipinski definition) is 0. The molecule has 3 heterocycles. The fourth-order valence-electron chi connectivity index (χ4n) is 4.01. The number of aromatic nitrogens is 3. The average Bonchev–Trinajstić information content (AvgIpc) is 3.17. The van der Waals surface area contributed by atoms with Crippen LogP contribution >= 0.6 is 0 Å². The number of carbonyl (C=O) groups excluding carboxylic acids is 2. The quantitative estimate of drug-likeness (QED) is 0.816. The predicted molar refractivity (Wildman–Crippen MR) is 105 cm³/mol. The van der Waals surface area contributed by atoms with E-state index in [4.69, 9.17) is 0 Å². The minimum atomic E-state index is -0.0373. The molecule has 28 heavy (non-hydrogen) atoms. The number of fused-ring (bicyclic) bond motifs is 1. The van der Waals surface area contributed by atoms with E-state index in [1.165, 1.54) is 12.0 Å². The molecule has 2 aliphatic rings. The molecule has 4 rings (SSSR count). The van der Waals surface area contributed by atoms with Crippen molar-refractivity contribution in [3.05, 3.63) is 47.0 Å². The van der Waals surface area contributed by atoms with E-state index in [2.05, 4.69) is 17.1 Å². The highest BCUT2D eigenvalue weighted by Crippen LogP contribution is 2.18. The molecule has 1 aromatic carbocycles. The molecule has 0 spiro atoms. The molecule has 2 amide bonds. The van der Waals surface area contributed by atoms with Gasteiger partial charge >= 0.3 is 0 Å². The van der Waals surface area contributed by atoms with Crippen LogP contribution < -0.4 is 0 Å². The maximum Gasteiger partial charge on any atom is 0.291 e. The second kappa shape index (κ2) is 8.12. The monoisotopic (exact) mass is 381 g/mol. The Labute approximate surface area is 165 Å². The van der Waals surface area contributed by atoms with Crippen LogP contribution in [0.2, 0.25) is 0 Å². The summed E-state index contributed by atoms with van der Waals surface area (Å²) >= 11 is 0. The van der Waals surface area contributed by atoms with Gasteiger partial charge in [0.25, 0.3) is 11.8 Å². The lowest BCUT2D eigenvalue weighted by Gasteiger charge is -2.29. The maximum absolute atomic E-state index is 12.9. The van der Waals surface area contributed by atoms with Crippen molar-refractivity contribution in [2.45, 2.75) is 52.1 Å². The van der Waals surface area contributed by atoms with Crippen LogP contribution in [0.25, 0.3) is 0 Å². The smallest absolute Gasteiger partial charge is 0.291 e. The van der Waals surface area contributed by atoms with E-state index in [9.17, 15) is 9.59 Å². The first-order valence-corrected chi connectivity index (χ1v) is 10.3. The second-order valence-electron chi connectivity index (χ2n) is 7.62. The molecule has 0 aliphatic carbocycles. The highest BCUT2D eigenvalue weighted by atomic mass is 16.2. The molecule has 0 bridgehead atoms. The van der Waals surface area contributed by atoms with Crippen molar-refractivity contribution in [3.8, 4) is 0 Å². The predicted octanol–water partition coefficient (Wildman–Crippen LogP) is 2.51. The third-order valence-electron chi connectivity index (χ3n) is 5.61. The number of hydrogen-bond acceptors (Lipinski definition) is 4. The molecule has 0 radical (unpaired) electrons. The summed E-state index contributed by atoms with van der Waals surface area (Å²) in [6.45, 7) is 5.22. The molecule has 2 aromatic rings.